The van der Waals surface area contributed by atoms with Crippen molar-refractivity contribution in [2.75, 3.05) is 0 Å². The van der Waals surface area contributed by atoms with Gasteiger partial charge in [-0.2, -0.15) is 0 Å². The van der Waals surface area contributed by atoms with Crippen LogP contribution in [-0.2, 0) is 0 Å². The molecule has 0 radical (unpaired) electrons. The van der Waals surface area contributed by atoms with E-state index in [-0.39, 0.29) is 0 Å². The van der Waals surface area contributed by atoms with Gasteiger partial charge in [-0.3, -0.25) is 0 Å². The molecule has 0 heterocycles. The van der Waals surface area contributed by atoms with Crippen molar-refractivity contribution in [3.63, 3.8) is 0 Å². The van der Waals surface area contributed by atoms with E-state index < -0.39 is 0 Å². The second-order valence-electron chi connectivity index (χ2n) is 7.48. The summed E-state index contributed by atoms with van der Waals surface area (Å²) < 4.78 is 18.0. The first-order valence-corrected chi connectivity index (χ1v) is 10.7. The highest BCUT2D eigenvalue weighted by Gasteiger charge is 2.09. The van der Waals surface area contributed by atoms with Gasteiger partial charge >= 0.3 is 0 Å². The van der Waals surface area contributed by atoms with Crippen LogP contribution in [0.3, 0.4) is 0 Å². The van der Waals surface area contributed by atoms with Crippen LogP contribution in [0.15, 0.2) is 126 Å². The zero-order valence-corrected chi connectivity index (χ0v) is 18.6. The first-order valence-electron chi connectivity index (χ1n) is 10.7. The van der Waals surface area contributed by atoms with Gasteiger partial charge in [0.15, 0.2) is 0 Å². The van der Waals surface area contributed by atoms with Gasteiger partial charge in [-0.05, 0) is 67.9 Å². The summed E-state index contributed by atoms with van der Waals surface area (Å²) in [5.41, 5.74) is 2.66. The molecule has 4 aromatic rings. The van der Waals surface area contributed by atoms with E-state index in [1.807, 2.05) is 123 Å². The topological polar surface area (TPSA) is 40.0 Å². The SMILES string of the molecule is CC(=COc1cccc(C)c1)C(=Nc1ccccc1)Oc1cccc(Oc2ccccc2)c1. The average molecular weight is 436 g/mol. The molecule has 0 aliphatic carbocycles. The summed E-state index contributed by atoms with van der Waals surface area (Å²) in [6.07, 6.45) is 1.65. The van der Waals surface area contributed by atoms with Crippen molar-refractivity contribution in [1.82, 2.24) is 0 Å². The van der Waals surface area contributed by atoms with Gasteiger partial charge in [-0.1, -0.05) is 54.6 Å². The summed E-state index contributed by atoms with van der Waals surface area (Å²) in [6.45, 7) is 3.93. The zero-order chi connectivity index (χ0) is 22.9. The molecule has 164 valence electrons. The third-order valence-corrected chi connectivity index (χ3v) is 4.68. The predicted octanol–water partition coefficient (Wildman–Crippen LogP) is 7.88. The van der Waals surface area contributed by atoms with Crippen LogP contribution >= 0.6 is 0 Å². The lowest BCUT2D eigenvalue weighted by atomic mass is 10.2. The standard InChI is InChI=1S/C29H25NO3/c1-22-11-9-16-26(19-22)31-21-23(2)29(30-24-12-5-3-6-13-24)33-28-18-10-17-27(20-28)32-25-14-7-4-8-15-25/h3-21H,1-2H3. The third kappa shape index (κ3) is 6.58. The van der Waals surface area contributed by atoms with Gasteiger partial charge < -0.3 is 14.2 Å². The summed E-state index contributed by atoms with van der Waals surface area (Å²) in [6, 6.07) is 34.7. The highest BCUT2D eigenvalue weighted by Crippen LogP contribution is 2.26. The van der Waals surface area contributed by atoms with Crippen molar-refractivity contribution in [1.29, 1.82) is 0 Å². The lowest BCUT2D eigenvalue weighted by Crippen LogP contribution is -2.11. The Morgan fingerprint density at radius 2 is 1.30 bits per heavy atom. The van der Waals surface area contributed by atoms with Crippen molar-refractivity contribution >= 4 is 11.6 Å². The molecule has 33 heavy (non-hydrogen) atoms. The number of rotatable bonds is 7. The minimum atomic E-state index is 0.436. The number of hydrogen-bond acceptors (Lipinski definition) is 4. The lowest BCUT2D eigenvalue weighted by molar-refractivity contribution is 0.469. The van der Waals surface area contributed by atoms with Crippen LogP contribution in [0.4, 0.5) is 5.69 Å². The summed E-state index contributed by atoms with van der Waals surface area (Å²) in [7, 11) is 0. The van der Waals surface area contributed by atoms with Crippen LogP contribution in [0.5, 0.6) is 23.0 Å². The molecule has 4 heteroatoms. The van der Waals surface area contributed by atoms with Gasteiger partial charge in [0.1, 0.15) is 23.0 Å². The molecule has 0 amide bonds. The third-order valence-electron chi connectivity index (χ3n) is 4.68. The Bertz CT molecular complexity index is 1250. The molecule has 4 aromatic carbocycles. The number of para-hydroxylation sites is 2. The van der Waals surface area contributed by atoms with E-state index in [0.717, 1.165) is 28.3 Å². The van der Waals surface area contributed by atoms with Crippen LogP contribution in [0.1, 0.15) is 12.5 Å². The van der Waals surface area contributed by atoms with E-state index in [0.29, 0.717) is 17.4 Å². The first kappa shape index (κ1) is 21.9. The summed E-state index contributed by atoms with van der Waals surface area (Å²) in [5.74, 6) is 3.24. The normalized spacial score (nSPS) is 11.7. The number of nitrogens with zero attached hydrogens (tertiary/aromatic N) is 1. The van der Waals surface area contributed by atoms with Crippen LogP contribution in [-0.4, -0.2) is 5.90 Å². The molecule has 0 spiro atoms. The molecule has 0 unspecified atom stereocenters. The number of benzene rings is 4. The molecular weight excluding hydrogens is 410 g/mol. The molecule has 0 aliphatic rings. The van der Waals surface area contributed by atoms with E-state index in [9.17, 15) is 0 Å². The van der Waals surface area contributed by atoms with Crippen LogP contribution < -0.4 is 14.2 Å². The number of hydrogen-bond donors (Lipinski definition) is 0. The van der Waals surface area contributed by atoms with Crippen molar-refractivity contribution in [3.8, 4) is 23.0 Å². The second-order valence-corrected chi connectivity index (χ2v) is 7.48. The van der Waals surface area contributed by atoms with Gasteiger partial charge in [0, 0.05) is 11.6 Å². The Labute approximate surface area is 194 Å². The fourth-order valence-corrected chi connectivity index (χ4v) is 3.04. The Kier molecular flexibility index (Phi) is 7.18. The van der Waals surface area contributed by atoms with E-state index in [1.54, 1.807) is 6.26 Å². The maximum atomic E-state index is 6.19. The van der Waals surface area contributed by atoms with Gasteiger partial charge in [0.2, 0.25) is 5.90 Å². The zero-order valence-electron chi connectivity index (χ0n) is 18.6. The number of ether oxygens (including phenoxy) is 3. The number of aryl methyl sites for hydroxylation is 1. The summed E-state index contributed by atoms with van der Waals surface area (Å²) in [4.78, 5) is 4.70. The molecule has 4 nitrogen and oxygen atoms in total. The van der Waals surface area contributed by atoms with E-state index in [4.69, 9.17) is 19.2 Å². The minimum Gasteiger partial charge on any atom is -0.465 e. The molecule has 4 rings (SSSR count). The maximum Gasteiger partial charge on any atom is 0.225 e. The van der Waals surface area contributed by atoms with Crippen molar-refractivity contribution in [3.05, 3.63) is 127 Å². The van der Waals surface area contributed by atoms with E-state index >= 15 is 0 Å². The molecule has 0 N–H and O–H groups in total. The highest BCUT2D eigenvalue weighted by atomic mass is 16.5. The fourth-order valence-electron chi connectivity index (χ4n) is 3.04. The molecule has 0 saturated heterocycles. The monoisotopic (exact) mass is 435 g/mol. The molecule has 0 saturated carbocycles. The summed E-state index contributed by atoms with van der Waals surface area (Å²) >= 11 is 0. The van der Waals surface area contributed by atoms with Gasteiger partial charge in [0.05, 0.1) is 11.9 Å². The van der Waals surface area contributed by atoms with Gasteiger partial charge in [-0.25, -0.2) is 4.99 Å². The second kappa shape index (κ2) is 10.8. The molecule has 0 atom stereocenters. The highest BCUT2D eigenvalue weighted by molar-refractivity contribution is 5.96. The smallest absolute Gasteiger partial charge is 0.225 e. The van der Waals surface area contributed by atoms with Crippen LogP contribution in [0.2, 0.25) is 0 Å². The minimum absolute atomic E-state index is 0.436. The predicted molar refractivity (Wildman–Crippen MR) is 133 cm³/mol. The Morgan fingerprint density at radius 1 is 0.667 bits per heavy atom. The fraction of sp³-hybridized carbons (Fsp3) is 0.0690. The molecule has 0 aromatic heterocycles. The Hall–Kier alpha value is -4.31. The largest absolute Gasteiger partial charge is 0.465 e. The summed E-state index contributed by atoms with van der Waals surface area (Å²) in [5, 5.41) is 0. The van der Waals surface area contributed by atoms with E-state index in [2.05, 4.69) is 0 Å². The van der Waals surface area contributed by atoms with Crippen LogP contribution in [0.25, 0.3) is 0 Å². The quantitative estimate of drug-likeness (QED) is 0.168. The van der Waals surface area contributed by atoms with Crippen molar-refractivity contribution in [2.24, 2.45) is 4.99 Å². The van der Waals surface area contributed by atoms with Gasteiger partial charge in [0.25, 0.3) is 0 Å². The average Bonchev–Trinajstić information content (AvgIpc) is 2.84. The molecular formula is C29H25NO3. The lowest BCUT2D eigenvalue weighted by Gasteiger charge is -2.12. The van der Waals surface area contributed by atoms with Crippen molar-refractivity contribution in [2.45, 2.75) is 13.8 Å². The Morgan fingerprint density at radius 3 is 2.06 bits per heavy atom. The maximum absolute atomic E-state index is 6.19. The van der Waals surface area contributed by atoms with Crippen molar-refractivity contribution < 1.29 is 14.2 Å². The van der Waals surface area contributed by atoms with Gasteiger partial charge in [-0.15, -0.1) is 0 Å². The van der Waals surface area contributed by atoms with E-state index in [1.165, 1.54) is 0 Å². The van der Waals surface area contributed by atoms with Crippen LogP contribution in [0, 0.1) is 6.92 Å². The Balaban J connectivity index is 1.58. The number of aliphatic imine (C=N–C) groups is 1. The first-order chi connectivity index (χ1) is 16.2. The molecule has 0 fully saturated rings. The molecule has 0 bridgehead atoms. The molecule has 0 aliphatic heterocycles.